The van der Waals surface area contributed by atoms with Gasteiger partial charge in [-0.25, -0.2) is 18.6 Å². The summed E-state index contributed by atoms with van der Waals surface area (Å²) in [5.41, 5.74) is 1.06. The van der Waals surface area contributed by atoms with Crippen LogP contribution in [0.1, 0.15) is 34.8 Å². The van der Waals surface area contributed by atoms with E-state index in [9.17, 15) is 13.6 Å². The zero-order valence-corrected chi connectivity index (χ0v) is 13.2. The van der Waals surface area contributed by atoms with Crippen molar-refractivity contribution in [3.63, 3.8) is 0 Å². The van der Waals surface area contributed by atoms with Gasteiger partial charge in [-0.2, -0.15) is 0 Å². The average Bonchev–Trinajstić information content (AvgIpc) is 2.73. The van der Waals surface area contributed by atoms with Gasteiger partial charge in [-0.05, 0) is 20.3 Å². The number of rotatable bonds is 4. The van der Waals surface area contributed by atoms with Crippen LogP contribution in [0, 0.1) is 13.8 Å². The number of halogens is 2. The topological polar surface area (TPSA) is 45.2 Å². The first kappa shape index (κ1) is 16.1. The molecule has 118 valence electrons. The van der Waals surface area contributed by atoms with Crippen LogP contribution in [0.2, 0.25) is 0 Å². The monoisotopic (exact) mass is 317 g/mol. The lowest BCUT2D eigenvalue weighted by Crippen LogP contribution is -2.47. The second kappa shape index (κ2) is 6.68. The van der Waals surface area contributed by atoms with Crippen LogP contribution in [0.5, 0.6) is 0 Å². The second-order valence-electron chi connectivity index (χ2n) is 5.43. The third-order valence-electron chi connectivity index (χ3n) is 3.70. The van der Waals surface area contributed by atoms with Gasteiger partial charge in [0.15, 0.2) is 0 Å². The molecule has 1 aliphatic rings. The average molecular weight is 317 g/mol. The third kappa shape index (κ3) is 4.62. The van der Waals surface area contributed by atoms with E-state index in [1.807, 2.05) is 13.8 Å². The molecule has 2 amide bonds. The first-order valence-corrected chi connectivity index (χ1v) is 8.02. The first-order valence-electron chi connectivity index (χ1n) is 7.21. The number of aromatic nitrogens is 1. The molecule has 4 nitrogen and oxygen atoms in total. The van der Waals surface area contributed by atoms with Crippen LogP contribution in [0.15, 0.2) is 0 Å². The molecule has 1 aromatic heterocycles. The molecule has 21 heavy (non-hydrogen) atoms. The van der Waals surface area contributed by atoms with Gasteiger partial charge in [0.1, 0.15) is 0 Å². The van der Waals surface area contributed by atoms with E-state index in [0.29, 0.717) is 6.54 Å². The van der Waals surface area contributed by atoms with Gasteiger partial charge in [0.05, 0.1) is 10.7 Å². The Labute approximate surface area is 127 Å². The van der Waals surface area contributed by atoms with Crippen molar-refractivity contribution < 1.29 is 13.6 Å². The Morgan fingerprint density at radius 2 is 2.05 bits per heavy atom. The quantitative estimate of drug-likeness (QED) is 0.867. The van der Waals surface area contributed by atoms with E-state index in [1.165, 1.54) is 9.78 Å². The van der Waals surface area contributed by atoms with Gasteiger partial charge in [0.25, 0.3) is 5.92 Å². The highest BCUT2D eigenvalue weighted by atomic mass is 32.1. The van der Waals surface area contributed by atoms with E-state index in [-0.39, 0.29) is 32.0 Å². The lowest BCUT2D eigenvalue weighted by atomic mass is 10.1. The van der Waals surface area contributed by atoms with Crippen LogP contribution in [0.3, 0.4) is 0 Å². The molecule has 2 rings (SSSR count). The molecule has 1 aliphatic heterocycles. The maximum absolute atomic E-state index is 13.0. The smallest absolute Gasteiger partial charge is 0.317 e. The van der Waals surface area contributed by atoms with Crippen LogP contribution in [0.25, 0.3) is 0 Å². The van der Waals surface area contributed by atoms with Crippen LogP contribution in [0.4, 0.5) is 13.6 Å². The highest BCUT2D eigenvalue weighted by molar-refractivity contribution is 7.11. The summed E-state index contributed by atoms with van der Waals surface area (Å²) in [6, 6.07) is -0.239. The molecule has 0 spiro atoms. The van der Waals surface area contributed by atoms with Crippen LogP contribution < -0.4 is 5.32 Å². The van der Waals surface area contributed by atoms with Crippen molar-refractivity contribution in [3.8, 4) is 0 Å². The molecule has 1 aromatic rings. The van der Waals surface area contributed by atoms with Gasteiger partial charge < -0.3 is 10.2 Å². The molecule has 1 saturated heterocycles. The van der Waals surface area contributed by atoms with Crippen molar-refractivity contribution in [1.82, 2.24) is 15.2 Å². The summed E-state index contributed by atoms with van der Waals surface area (Å²) in [6.07, 6.45) is 1.16. The van der Waals surface area contributed by atoms with Gasteiger partial charge in [0.2, 0.25) is 0 Å². The van der Waals surface area contributed by atoms with Gasteiger partial charge in [0, 0.05) is 43.8 Å². The van der Waals surface area contributed by atoms with Gasteiger partial charge in [-0.1, -0.05) is 0 Å². The summed E-state index contributed by atoms with van der Waals surface area (Å²) in [5, 5.41) is 3.87. The van der Waals surface area contributed by atoms with Crippen molar-refractivity contribution >= 4 is 17.4 Å². The van der Waals surface area contributed by atoms with Gasteiger partial charge in [-0.3, -0.25) is 0 Å². The molecular weight excluding hydrogens is 296 g/mol. The van der Waals surface area contributed by atoms with Gasteiger partial charge in [-0.15, -0.1) is 11.3 Å². The second-order valence-corrected chi connectivity index (χ2v) is 6.72. The number of thiazole rings is 1. The fraction of sp³-hybridized carbons (Fsp3) is 0.714. The molecule has 1 N–H and O–H groups in total. The Hall–Kier alpha value is -1.24. The van der Waals surface area contributed by atoms with E-state index in [1.54, 1.807) is 11.3 Å². The largest absolute Gasteiger partial charge is 0.338 e. The van der Waals surface area contributed by atoms with Crippen molar-refractivity contribution in [2.75, 3.05) is 19.6 Å². The van der Waals surface area contributed by atoms with Crippen molar-refractivity contribution in [2.24, 2.45) is 0 Å². The van der Waals surface area contributed by atoms with Crippen molar-refractivity contribution in [2.45, 2.75) is 45.5 Å². The molecule has 0 aliphatic carbocycles. The number of hydrogen-bond donors (Lipinski definition) is 1. The summed E-state index contributed by atoms with van der Waals surface area (Å²) in [4.78, 5) is 19.0. The maximum atomic E-state index is 13.0. The van der Waals surface area contributed by atoms with E-state index < -0.39 is 5.92 Å². The SMILES string of the molecule is Cc1nc(CCCNC(=O)N2CCC(F)(F)CC2)sc1C. The number of alkyl halides is 2. The predicted octanol–water partition coefficient (Wildman–Crippen LogP) is 3.13. The van der Waals surface area contributed by atoms with Crippen molar-refractivity contribution in [3.05, 3.63) is 15.6 Å². The Bertz CT molecular complexity index is 475. The number of hydrogen-bond acceptors (Lipinski definition) is 3. The highest BCUT2D eigenvalue weighted by Gasteiger charge is 2.35. The summed E-state index contributed by atoms with van der Waals surface area (Å²) >= 11 is 1.68. The number of aryl methyl sites for hydroxylation is 3. The van der Waals surface area contributed by atoms with Gasteiger partial charge >= 0.3 is 6.03 Å². The Morgan fingerprint density at radius 3 is 2.62 bits per heavy atom. The summed E-state index contributed by atoms with van der Waals surface area (Å²) in [6.45, 7) is 4.84. The molecule has 0 radical (unpaired) electrons. The number of amides is 2. The number of carbonyl (C=O) groups is 1. The summed E-state index contributed by atoms with van der Waals surface area (Å²) in [7, 11) is 0. The fourth-order valence-corrected chi connectivity index (χ4v) is 3.21. The predicted molar refractivity (Wildman–Crippen MR) is 79.1 cm³/mol. The number of nitrogens with zero attached hydrogens (tertiary/aromatic N) is 2. The lowest BCUT2D eigenvalue weighted by Gasteiger charge is -2.31. The minimum Gasteiger partial charge on any atom is -0.338 e. The third-order valence-corrected chi connectivity index (χ3v) is 4.83. The molecule has 0 atom stereocenters. The Balaban J connectivity index is 1.65. The maximum Gasteiger partial charge on any atom is 0.317 e. The number of carbonyl (C=O) groups excluding carboxylic acids is 1. The van der Waals surface area contributed by atoms with E-state index >= 15 is 0 Å². The highest BCUT2D eigenvalue weighted by Crippen LogP contribution is 2.27. The molecule has 2 heterocycles. The van der Waals surface area contributed by atoms with E-state index in [0.717, 1.165) is 23.5 Å². The minimum absolute atomic E-state index is 0.129. The molecule has 0 aromatic carbocycles. The Kier molecular flexibility index (Phi) is 5.13. The van der Waals surface area contributed by atoms with Crippen LogP contribution >= 0.6 is 11.3 Å². The molecule has 0 saturated carbocycles. The number of likely N-dealkylation sites (tertiary alicyclic amines) is 1. The summed E-state index contributed by atoms with van der Waals surface area (Å²) < 4.78 is 26.0. The number of urea groups is 1. The van der Waals surface area contributed by atoms with Crippen molar-refractivity contribution in [1.29, 1.82) is 0 Å². The normalized spacial score (nSPS) is 17.8. The molecule has 0 bridgehead atoms. The first-order chi connectivity index (χ1) is 9.87. The van der Waals surface area contributed by atoms with E-state index in [2.05, 4.69) is 10.3 Å². The number of piperidine rings is 1. The Morgan fingerprint density at radius 1 is 1.38 bits per heavy atom. The van der Waals surface area contributed by atoms with Crippen LogP contribution in [-0.4, -0.2) is 41.5 Å². The zero-order valence-electron chi connectivity index (χ0n) is 12.4. The minimum atomic E-state index is -2.61. The molecule has 7 heteroatoms. The number of nitrogens with one attached hydrogen (secondary N) is 1. The molecular formula is C14H21F2N3OS. The lowest BCUT2D eigenvalue weighted by molar-refractivity contribution is -0.0469. The van der Waals surface area contributed by atoms with Crippen LogP contribution in [-0.2, 0) is 6.42 Å². The van der Waals surface area contributed by atoms with E-state index in [4.69, 9.17) is 0 Å². The fourth-order valence-electron chi connectivity index (χ4n) is 2.23. The molecule has 0 unspecified atom stereocenters. The summed E-state index contributed by atoms with van der Waals surface area (Å²) in [5.74, 6) is -2.61. The zero-order chi connectivity index (χ0) is 15.5. The standard InChI is InChI=1S/C14H21F2N3OS/c1-10-11(2)21-12(18-10)4-3-7-17-13(20)19-8-5-14(15,16)6-9-19/h3-9H2,1-2H3,(H,17,20). The molecule has 1 fully saturated rings.